The first kappa shape index (κ1) is 36.7. The molecule has 1 aliphatic heterocycles. The van der Waals surface area contributed by atoms with E-state index in [1.54, 1.807) is 0 Å². The van der Waals surface area contributed by atoms with Crippen LogP contribution in [-0.2, 0) is 14.3 Å². The van der Waals surface area contributed by atoms with Gasteiger partial charge in [0, 0.05) is 11.0 Å². The third-order valence-corrected chi connectivity index (χ3v) is 4.96. The normalized spacial score (nSPS) is 14.5. The Bertz CT molecular complexity index is 783. The van der Waals surface area contributed by atoms with Crippen LogP contribution in [0.1, 0.15) is 75.7 Å². The smallest absolute Gasteiger partial charge is 0.411 e. The highest BCUT2D eigenvalue weighted by atomic mass is 16.7. The van der Waals surface area contributed by atoms with Crippen LogP contribution in [0.3, 0.4) is 0 Å². The number of hydrogen-bond donors (Lipinski definition) is 3. The standard InChI is InChI=1S/C11H20O.C9H16N2O3.C7H15NO3/c1-6-9(2)10(7-8-12)11(3,4)5;1-9(2,3)7(10-6-12)8-11-14-5-4-13-8;1-7(2,3)8(5-9)6(10)11-4/h7,12H,2,6,8H2,1,3-5H3;12H,4-6H2,1-3H3;9H,5H2,1-4H3/b10-7-;;. The summed E-state index contributed by atoms with van der Waals surface area (Å²) in [6, 6.07) is 0. The maximum absolute atomic E-state index is 10.9. The molecule has 0 fully saturated rings. The maximum Gasteiger partial charge on any atom is 0.411 e. The second kappa shape index (κ2) is 17.1. The van der Waals surface area contributed by atoms with E-state index in [0.29, 0.717) is 24.8 Å². The van der Waals surface area contributed by atoms with Crippen molar-refractivity contribution in [1.29, 1.82) is 0 Å². The van der Waals surface area contributed by atoms with E-state index in [9.17, 15) is 4.79 Å². The van der Waals surface area contributed by atoms with Crippen LogP contribution >= 0.6 is 0 Å². The predicted octanol–water partition coefficient (Wildman–Crippen LogP) is 4.50. The summed E-state index contributed by atoms with van der Waals surface area (Å²) in [4.78, 5) is 21.0. The summed E-state index contributed by atoms with van der Waals surface area (Å²) in [6.07, 6.45) is 2.29. The van der Waals surface area contributed by atoms with Gasteiger partial charge in [0.25, 0.3) is 5.90 Å². The fourth-order valence-corrected chi connectivity index (χ4v) is 3.03. The topological polar surface area (TPSA) is 133 Å². The molecule has 10 heteroatoms. The average molecular weight is 530 g/mol. The van der Waals surface area contributed by atoms with Gasteiger partial charge in [0.1, 0.15) is 25.8 Å². The first-order chi connectivity index (χ1) is 16.9. The van der Waals surface area contributed by atoms with Crippen molar-refractivity contribution in [2.75, 3.05) is 40.4 Å². The minimum atomic E-state index is -0.514. The van der Waals surface area contributed by atoms with Crippen LogP contribution in [0, 0.1) is 10.8 Å². The van der Waals surface area contributed by atoms with Crippen molar-refractivity contribution in [2.45, 2.75) is 81.2 Å². The molecule has 0 aromatic carbocycles. The summed E-state index contributed by atoms with van der Waals surface area (Å²) in [5, 5.41) is 30.2. The highest BCUT2D eigenvalue weighted by Gasteiger charge is 2.27. The quantitative estimate of drug-likeness (QED) is 0.262. The molecule has 0 radical (unpaired) electrons. The van der Waals surface area contributed by atoms with Gasteiger partial charge in [-0.3, -0.25) is 9.89 Å². The second-order valence-electron chi connectivity index (χ2n) is 11.2. The van der Waals surface area contributed by atoms with Crippen molar-refractivity contribution in [3.63, 3.8) is 0 Å². The lowest BCUT2D eigenvalue weighted by atomic mass is 9.81. The number of aliphatic imine (C=N–C) groups is 1. The molecular formula is C27H51N3O7. The Morgan fingerprint density at radius 3 is 1.92 bits per heavy atom. The molecule has 0 saturated heterocycles. The number of ether oxygens (including phenoxy) is 2. The number of amides is 1. The van der Waals surface area contributed by atoms with Gasteiger partial charge in [0.2, 0.25) is 0 Å². The van der Waals surface area contributed by atoms with Crippen molar-refractivity contribution in [2.24, 2.45) is 21.0 Å². The molecule has 1 heterocycles. The van der Waals surface area contributed by atoms with E-state index < -0.39 is 11.6 Å². The zero-order valence-electron chi connectivity index (χ0n) is 24.8. The first-order valence-corrected chi connectivity index (χ1v) is 12.4. The van der Waals surface area contributed by atoms with Gasteiger partial charge in [-0.05, 0) is 43.3 Å². The second-order valence-corrected chi connectivity index (χ2v) is 11.2. The van der Waals surface area contributed by atoms with Crippen molar-refractivity contribution in [3.05, 3.63) is 23.8 Å². The fraction of sp³-hybridized carbons (Fsp3) is 0.741. The number of rotatable bonds is 6. The number of carbonyl (C=O) groups is 1. The van der Waals surface area contributed by atoms with E-state index in [1.165, 1.54) is 17.6 Å². The van der Waals surface area contributed by atoms with E-state index in [4.69, 9.17) is 24.9 Å². The summed E-state index contributed by atoms with van der Waals surface area (Å²) in [7, 11) is 1.29. The molecule has 0 saturated carbocycles. The van der Waals surface area contributed by atoms with Gasteiger partial charge in [-0.2, -0.15) is 0 Å². The molecule has 10 nitrogen and oxygen atoms in total. The molecule has 0 atom stereocenters. The lowest BCUT2D eigenvalue weighted by Crippen LogP contribution is -2.46. The minimum Gasteiger partial charge on any atom is -0.471 e. The monoisotopic (exact) mass is 529 g/mol. The number of methoxy groups -OCH3 is 1. The largest absolute Gasteiger partial charge is 0.471 e. The molecule has 0 aromatic heterocycles. The Labute approximate surface area is 223 Å². The van der Waals surface area contributed by atoms with E-state index in [0.717, 1.165) is 12.0 Å². The molecule has 3 N–H and O–H groups in total. The molecule has 0 aliphatic carbocycles. The molecule has 37 heavy (non-hydrogen) atoms. The van der Waals surface area contributed by atoms with Crippen LogP contribution in [0.5, 0.6) is 0 Å². The van der Waals surface area contributed by atoms with Crippen LogP contribution in [0.15, 0.2) is 33.9 Å². The molecule has 1 rings (SSSR count). The number of aliphatic hydroxyl groups excluding tert-OH is 3. The third kappa shape index (κ3) is 14.8. The van der Waals surface area contributed by atoms with E-state index in [2.05, 4.69) is 49.2 Å². The summed E-state index contributed by atoms with van der Waals surface area (Å²) in [6.45, 7) is 24.3. The van der Waals surface area contributed by atoms with Gasteiger partial charge < -0.3 is 29.6 Å². The number of carbonyl (C=O) groups excluding carboxylic acids is 1. The number of oxime groups is 1. The van der Waals surface area contributed by atoms with E-state index >= 15 is 0 Å². The van der Waals surface area contributed by atoms with Gasteiger partial charge in [-0.25, -0.2) is 4.79 Å². The maximum atomic E-state index is 10.9. The Balaban J connectivity index is 0. The Morgan fingerprint density at radius 2 is 1.65 bits per heavy atom. The summed E-state index contributed by atoms with van der Waals surface area (Å²) in [5.74, 6) is 0.373. The Morgan fingerprint density at radius 1 is 1.08 bits per heavy atom. The van der Waals surface area contributed by atoms with Crippen molar-refractivity contribution < 1.29 is 34.4 Å². The van der Waals surface area contributed by atoms with Crippen molar-refractivity contribution in [1.82, 2.24) is 4.90 Å². The van der Waals surface area contributed by atoms with E-state index in [1.807, 2.05) is 47.6 Å². The van der Waals surface area contributed by atoms with Gasteiger partial charge >= 0.3 is 6.09 Å². The van der Waals surface area contributed by atoms with Crippen LogP contribution in [-0.4, -0.2) is 83.9 Å². The van der Waals surface area contributed by atoms with Crippen LogP contribution in [0.4, 0.5) is 4.79 Å². The lowest BCUT2D eigenvalue weighted by Gasteiger charge is -2.32. The minimum absolute atomic E-state index is 0.0931. The molecule has 0 unspecified atom stereocenters. The van der Waals surface area contributed by atoms with Gasteiger partial charge in [-0.15, -0.1) is 0 Å². The van der Waals surface area contributed by atoms with Crippen molar-refractivity contribution >= 4 is 17.7 Å². The summed E-state index contributed by atoms with van der Waals surface area (Å²) in [5.41, 5.74) is 2.39. The highest BCUT2D eigenvalue weighted by Crippen LogP contribution is 2.31. The van der Waals surface area contributed by atoms with Gasteiger partial charge in [-0.1, -0.05) is 66.7 Å². The molecular weight excluding hydrogens is 478 g/mol. The lowest BCUT2D eigenvalue weighted by molar-refractivity contribution is 0.0282. The number of nitrogens with zero attached hydrogens (tertiary/aromatic N) is 3. The van der Waals surface area contributed by atoms with E-state index in [-0.39, 0.29) is 30.9 Å². The zero-order chi connectivity index (χ0) is 29.4. The molecule has 0 aromatic rings. The van der Waals surface area contributed by atoms with Gasteiger partial charge in [0.15, 0.2) is 6.61 Å². The molecule has 0 bridgehead atoms. The Hall–Kier alpha value is -2.43. The summed E-state index contributed by atoms with van der Waals surface area (Å²) < 4.78 is 9.76. The SMILES string of the molecule is C=C(CC)/C(=C/CO)C(C)(C)C.CC(C)(C)C(=NCO)C1=NOCCO1.COC(=O)N(CO)C(C)(C)C. The Kier molecular flexibility index (Phi) is 17.0. The van der Waals surface area contributed by atoms with Crippen LogP contribution < -0.4 is 0 Å². The van der Waals surface area contributed by atoms with Gasteiger partial charge in [0.05, 0.1) is 13.7 Å². The molecule has 216 valence electrons. The molecule has 1 amide bonds. The number of hydrogen-bond acceptors (Lipinski definition) is 9. The number of aliphatic hydroxyl groups is 3. The summed E-state index contributed by atoms with van der Waals surface area (Å²) >= 11 is 0. The van der Waals surface area contributed by atoms with Crippen LogP contribution in [0.25, 0.3) is 0 Å². The zero-order valence-corrected chi connectivity index (χ0v) is 24.8. The molecule has 1 aliphatic rings. The van der Waals surface area contributed by atoms with Crippen LogP contribution in [0.2, 0.25) is 0 Å². The molecule has 0 spiro atoms. The first-order valence-electron chi connectivity index (χ1n) is 12.4. The predicted molar refractivity (Wildman–Crippen MR) is 148 cm³/mol. The number of allylic oxidation sites excluding steroid dienone is 2. The average Bonchev–Trinajstić information content (AvgIpc) is 2.79. The fourth-order valence-electron chi connectivity index (χ4n) is 3.03. The van der Waals surface area contributed by atoms with Crippen molar-refractivity contribution in [3.8, 4) is 0 Å². The third-order valence-electron chi connectivity index (χ3n) is 4.96. The highest BCUT2D eigenvalue weighted by molar-refractivity contribution is 6.40.